The molecule has 5 rings (SSSR count). The second-order valence-corrected chi connectivity index (χ2v) is 9.20. The fraction of sp³-hybridized carbons (Fsp3) is 0.583. The molecule has 0 aromatic carbocycles. The molecule has 1 saturated carbocycles. The molecule has 2 aromatic rings. The summed E-state index contributed by atoms with van der Waals surface area (Å²) in [6.45, 7) is 5.30. The first-order valence-corrected chi connectivity index (χ1v) is 12.0. The Balaban J connectivity index is 1.03. The van der Waals surface area contributed by atoms with Gasteiger partial charge >= 0.3 is 0 Å². The van der Waals surface area contributed by atoms with Crippen molar-refractivity contribution in [1.29, 1.82) is 0 Å². The molecule has 2 aromatic heterocycles. The van der Waals surface area contributed by atoms with Gasteiger partial charge in [0.05, 0.1) is 0 Å². The average Bonchev–Trinajstić information content (AvgIpc) is 3.68. The summed E-state index contributed by atoms with van der Waals surface area (Å²) < 4.78 is 0. The Labute approximate surface area is 190 Å². The number of piperidine rings is 1. The highest BCUT2D eigenvalue weighted by Crippen LogP contribution is 2.28. The Hall–Kier alpha value is -2.90. The van der Waals surface area contributed by atoms with Gasteiger partial charge in [0.25, 0.3) is 0 Å². The van der Waals surface area contributed by atoms with Gasteiger partial charge in [0, 0.05) is 64.0 Å². The van der Waals surface area contributed by atoms with E-state index in [1.807, 2.05) is 29.3 Å². The number of nitrogens with one attached hydrogen (secondary N) is 1. The summed E-state index contributed by atoms with van der Waals surface area (Å²) in [7, 11) is 0. The van der Waals surface area contributed by atoms with Crippen LogP contribution in [0, 0.1) is 5.92 Å². The van der Waals surface area contributed by atoms with Gasteiger partial charge in [-0.2, -0.15) is 0 Å². The standard InChI is InChI=1S/C24H33N7O/c32-24(31-15-13-30(14-16-31)22-3-1-2-10-25-22)7-4-19-8-11-29(12-9-19)23-17-21(26-18-27-23)28-20-5-6-20/h1-3,10,17-20H,4-9,11-16H2,(H,26,27,28). The van der Waals surface area contributed by atoms with Gasteiger partial charge in [0.15, 0.2) is 0 Å². The minimum Gasteiger partial charge on any atom is -0.367 e. The van der Waals surface area contributed by atoms with E-state index in [2.05, 4.69) is 36.1 Å². The van der Waals surface area contributed by atoms with E-state index in [9.17, 15) is 4.79 Å². The molecule has 0 spiro atoms. The maximum Gasteiger partial charge on any atom is 0.222 e. The summed E-state index contributed by atoms with van der Waals surface area (Å²) in [6, 6.07) is 8.66. The van der Waals surface area contributed by atoms with Crippen LogP contribution in [-0.4, -0.2) is 71.1 Å². The van der Waals surface area contributed by atoms with Crippen molar-refractivity contribution in [3.05, 3.63) is 36.8 Å². The number of hydrogen-bond donors (Lipinski definition) is 1. The van der Waals surface area contributed by atoms with Crippen molar-refractivity contribution in [2.75, 3.05) is 54.4 Å². The minimum atomic E-state index is 0.305. The normalized spacial score (nSPS) is 19.8. The fourth-order valence-corrected chi connectivity index (χ4v) is 4.70. The average molecular weight is 436 g/mol. The Bertz CT molecular complexity index is 888. The highest BCUT2D eigenvalue weighted by atomic mass is 16.2. The number of carbonyl (C=O) groups excluding carboxylic acids is 1. The molecule has 1 amide bonds. The van der Waals surface area contributed by atoms with Crippen LogP contribution in [0.1, 0.15) is 38.5 Å². The van der Waals surface area contributed by atoms with Crippen molar-refractivity contribution >= 4 is 23.4 Å². The maximum absolute atomic E-state index is 12.8. The lowest BCUT2D eigenvalue weighted by molar-refractivity contribution is -0.131. The van der Waals surface area contributed by atoms with Crippen LogP contribution < -0.4 is 15.1 Å². The molecule has 1 N–H and O–H groups in total. The van der Waals surface area contributed by atoms with Gasteiger partial charge in [-0.15, -0.1) is 0 Å². The molecule has 0 radical (unpaired) electrons. The molecule has 0 bridgehead atoms. The highest BCUT2D eigenvalue weighted by molar-refractivity contribution is 5.76. The number of aromatic nitrogens is 3. The zero-order chi connectivity index (χ0) is 21.8. The van der Waals surface area contributed by atoms with Crippen molar-refractivity contribution in [2.24, 2.45) is 5.92 Å². The lowest BCUT2D eigenvalue weighted by Gasteiger charge is -2.36. The predicted molar refractivity (Wildman–Crippen MR) is 126 cm³/mol. The molecular formula is C24H33N7O. The fourth-order valence-electron chi connectivity index (χ4n) is 4.70. The number of pyridine rings is 1. The molecule has 8 heteroatoms. The minimum absolute atomic E-state index is 0.305. The van der Waals surface area contributed by atoms with Crippen LogP contribution in [0.15, 0.2) is 36.8 Å². The van der Waals surface area contributed by atoms with Gasteiger partial charge in [-0.3, -0.25) is 4.79 Å². The highest BCUT2D eigenvalue weighted by Gasteiger charge is 2.25. The van der Waals surface area contributed by atoms with Crippen molar-refractivity contribution in [2.45, 2.75) is 44.6 Å². The molecule has 0 unspecified atom stereocenters. The second-order valence-electron chi connectivity index (χ2n) is 9.20. The number of carbonyl (C=O) groups is 1. The van der Waals surface area contributed by atoms with Gasteiger partial charge in [0.2, 0.25) is 5.91 Å². The van der Waals surface area contributed by atoms with Gasteiger partial charge in [-0.05, 0) is 50.2 Å². The number of hydrogen-bond acceptors (Lipinski definition) is 7. The first-order chi connectivity index (χ1) is 15.7. The number of amides is 1. The third-order valence-corrected chi connectivity index (χ3v) is 6.89. The quantitative estimate of drug-likeness (QED) is 0.717. The predicted octanol–water partition coefficient (Wildman–Crippen LogP) is 2.79. The van der Waals surface area contributed by atoms with Crippen LogP contribution in [-0.2, 0) is 4.79 Å². The first-order valence-electron chi connectivity index (χ1n) is 12.0. The van der Waals surface area contributed by atoms with Crippen molar-refractivity contribution < 1.29 is 4.79 Å². The number of nitrogens with zero attached hydrogens (tertiary/aromatic N) is 6. The van der Waals surface area contributed by atoms with E-state index in [0.717, 1.165) is 76.0 Å². The molecule has 4 heterocycles. The second kappa shape index (κ2) is 9.71. The maximum atomic E-state index is 12.8. The van der Waals surface area contributed by atoms with E-state index in [0.29, 0.717) is 24.3 Å². The molecule has 32 heavy (non-hydrogen) atoms. The lowest BCUT2D eigenvalue weighted by Crippen LogP contribution is -2.49. The molecule has 170 valence electrons. The van der Waals surface area contributed by atoms with Crippen molar-refractivity contribution in [3.63, 3.8) is 0 Å². The summed E-state index contributed by atoms with van der Waals surface area (Å²) in [5.74, 6) is 3.89. The largest absolute Gasteiger partial charge is 0.367 e. The van der Waals surface area contributed by atoms with E-state index in [-0.39, 0.29) is 0 Å². The van der Waals surface area contributed by atoms with Crippen LogP contribution in [0.3, 0.4) is 0 Å². The third-order valence-electron chi connectivity index (χ3n) is 6.89. The number of piperazine rings is 1. The van der Waals surface area contributed by atoms with Crippen LogP contribution in [0.4, 0.5) is 17.5 Å². The molecule has 8 nitrogen and oxygen atoms in total. The smallest absolute Gasteiger partial charge is 0.222 e. The molecule has 0 atom stereocenters. The third kappa shape index (κ3) is 5.29. The molecule has 1 aliphatic carbocycles. The SMILES string of the molecule is O=C(CCC1CCN(c2cc(NC3CC3)ncn2)CC1)N1CCN(c2ccccn2)CC1. The molecule has 3 aliphatic rings. The zero-order valence-corrected chi connectivity index (χ0v) is 18.7. The van der Waals surface area contributed by atoms with E-state index in [4.69, 9.17) is 0 Å². The monoisotopic (exact) mass is 435 g/mol. The molecule has 2 aliphatic heterocycles. The molecular weight excluding hydrogens is 402 g/mol. The first kappa shape index (κ1) is 21.0. The van der Waals surface area contributed by atoms with E-state index in [1.54, 1.807) is 6.33 Å². The van der Waals surface area contributed by atoms with Crippen LogP contribution >= 0.6 is 0 Å². The van der Waals surface area contributed by atoms with E-state index in [1.165, 1.54) is 12.8 Å². The summed E-state index contributed by atoms with van der Waals surface area (Å²) in [6.07, 6.45) is 9.87. The van der Waals surface area contributed by atoms with Crippen molar-refractivity contribution in [3.8, 4) is 0 Å². The molecule has 2 saturated heterocycles. The Morgan fingerprint density at radius 1 is 0.906 bits per heavy atom. The summed E-state index contributed by atoms with van der Waals surface area (Å²) in [5.41, 5.74) is 0. The van der Waals surface area contributed by atoms with Gasteiger partial charge in [0.1, 0.15) is 23.8 Å². The Morgan fingerprint density at radius 3 is 2.41 bits per heavy atom. The zero-order valence-electron chi connectivity index (χ0n) is 18.7. The lowest BCUT2D eigenvalue weighted by atomic mass is 9.92. The van der Waals surface area contributed by atoms with Gasteiger partial charge in [-0.1, -0.05) is 6.07 Å². The Kier molecular flexibility index (Phi) is 6.36. The topological polar surface area (TPSA) is 77.5 Å². The summed E-state index contributed by atoms with van der Waals surface area (Å²) >= 11 is 0. The van der Waals surface area contributed by atoms with Gasteiger partial charge < -0.3 is 20.0 Å². The summed E-state index contributed by atoms with van der Waals surface area (Å²) in [5, 5.41) is 3.45. The number of anilines is 3. The van der Waals surface area contributed by atoms with Crippen LogP contribution in [0.5, 0.6) is 0 Å². The van der Waals surface area contributed by atoms with E-state index < -0.39 is 0 Å². The Morgan fingerprint density at radius 2 is 1.69 bits per heavy atom. The van der Waals surface area contributed by atoms with E-state index >= 15 is 0 Å². The molecule has 3 fully saturated rings. The van der Waals surface area contributed by atoms with Crippen molar-refractivity contribution in [1.82, 2.24) is 19.9 Å². The summed E-state index contributed by atoms with van der Waals surface area (Å²) in [4.78, 5) is 32.7. The van der Waals surface area contributed by atoms with Gasteiger partial charge in [-0.25, -0.2) is 15.0 Å². The van der Waals surface area contributed by atoms with Crippen LogP contribution in [0.2, 0.25) is 0 Å². The van der Waals surface area contributed by atoms with Crippen LogP contribution in [0.25, 0.3) is 0 Å². The number of rotatable bonds is 7.